The molecule has 0 bridgehead atoms. The zero-order valence-electron chi connectivity index (χ0n) is 21.3. The molecule has 0 aliphatic rings. The van der Waals surface area contributed by atoms with Crippen molar-refractivity contribution >= 4 is 12.1 Å². The number of benzene rings is 2. The molecular formula is C27H35F2NO7. The smallest absolute Gasteiger partial charge is 0.415 e. The van der Waals surface area contributed by atoms with E-state index in [-0.39, 0.29) is 38.5 Å². The highest BCUT2D eigenvalue weighted by Gasteiger charge is 2.19. The molecule has 2 rings (SSSR count). The number of hydrogen-bond acceptors (Lipinski definition) is 6. The van der Waals surface area contributed by atoms with Crippen LogP contribution in [0.2, 0.25) is 0 Å². The fourth-order valence-corrected chi connectivity index (χ4v) is 3.37. The van der Waals surface area contributed by atoms with E-state index in [9.17, 15) is 23.5 Å². The van der Waals surface area contributed by atoms with Gasteiger partial charge in [-0.1, -0.05) is 31.9 Å². The molecular weight excluding hydrogens is 488 g/mol. The van der Waals surface area contributed by atoms with Crippen LogP contribution in [0, 0.1) is 11.6 Å². The molecule has 0 spiro atoms. The molecule has 0 radical (unpaired) electrons. The van der Waals surface area contributed by atoms with E-state index in [0.717, 1.165) is 37.0 Å². The normalized spacial score (nSPS) is 11.7. The standard InChI is InChI=1S/C27H35F2NO7/c1-3-5-6-15-34-16-13-30(27(33)37-24-12-9-21(28)19-23(24)29)14-17-36-22-10-7-20(8-11-22)18-25(26(31)32)35-4-2/h7-12,19,25H,3-6,13-18H2,1-2H3,(H,31,32). The second kappa shape index (κ2) is 16.5. The van der Waals surface area contributed by atoms with Crippen molar-refractivity contribution in [3.8, 4) is 11.5 Å². The number of carbonyl (C=O) groups excluding carboxylic acids is 1. The summed E-state index contributed by atoms with van der Waals surface area (Å²) in [6.45, 7) is 5.41. The summed E-state index contributed by atoms with van der Waals surface area (Å²) < 4.78 is 48.8. The number of unbranched alkanes of at least 4 members (excludes halogenated alkanes) is 2. The predicted molar refractivity (Wildman–Crippen MR) is 133 cm³/mol. The van der Waals surface area contributed by atoms with Crippen LogP contribution in [0.4, 0.5) is 13.6 Å². The number of halogens is 2. The quantitative estimate of drug-likeness (QED) is 0.289. The van der Waals surface area contributed by atoms with Gasteiger partial charge in [0.2, 0.25) is 0 Å². The Bertz CT molecular complexity index is 972. The average Bonchev–Trinajstić information content (AvgIpc) is 2.87. The van der Waals surface area contributed by atoms with Crippen molar-refractivity contribution in [1.82, 2.24) is 4.90 Å². The minimum atomic E-state index is -1.02. The molecule has 0 fully saturated rings. The van der Waals surface area contributed by atoms with Crippen molar-refractivity contribution in [1.29, 1.82) is 0 Å². The first kappa shape index (κ1) is 30.0. The first-order chi connectivity index (χ1) is 17.8. The SMILES string of the molecule is CCCCCOCCN(CCOc1ccc(CC(OCC)C(=O)O)cc1)C(=O)Oc1ccc(F)cc1F. The molecule has 1 amide bonds. The lowest BCUT2D eigenvalue weighted by Gasteiger charge is -2.22. The number of amides is 1. The van der Waals surface area contributed by atoms with Crippen LogP contribution >= 0.6 is 0 Å². The van der Waals surface area contributed by atoms with Gasteiger partial charge in [-0.05, 0) is 43.2 Å². The highest BCUT2D eigenvalue weighted by atomic mass is 19.1. The maximum Gasteiger partial charge on any atom is 0.415 e. The van der Waals surface area contributed by atoms with Gasteiger partial charge in [0.1, 0.15) is 18.2 Å². The summed E-state index contributed by atoms with van der Waals surface area (Å²) in [5, 5.41) is 9.23. The van der Waals surface area contributed by atoms with Crippen LogP contribution < -0.4 is 9.47 Å². The molecule has 10 heteroatoms. The van der Waals surface area contributed by atoms with Gasteiger partial charge < -0.3 is 29.0 Å². The Morgan fingerprint density at radius 2 is 1.70 bits per heavy atom. The van der Waals surface area contributed by atoms with Crippen LogP contribution in [0.25, 0.3) is 0 Å². The highest BCUT2D eigenvalue weighted by molar-refractivity contribution is 5.72. The van der Waals surface area contributed by atoms with Crippen molar-refractivity contribution in [2.24, 2.45) is 0 Å². The lowest BCUT2D eigenvalue weighted by Crippen LogP contribution is -2.39. The van der Waals surface area contributed by atoms with E-state index in [1.165, 1.54) is 4.90 Å². The Morgan fingerprint density at radius 1 is 0.973 bits per heavy atom. The van der Waals surface area contributed by atoms with Crippen molar-refractivity contribution in [3.63, 3.8) is 0 Å². The summed E-state index contributed by atoms with van der Waals surface area (Å²) in [6, 6.07) is 9.60. The van der Waals surface area contributed by atoms with Gasteiger partial charge in [-0.3, -0.25) is 0 Å². The number of carboxylic acid groups (broad SMARTS) is 1. The second-order valence-electron chi connectivity index (χ2n) is 8.23. The Labute approximate surface area is 216 Å². The van der Waals surface area contributed by atoms with Crippen LogP contribution in [0.5, 0.6) is 11.5 Å². The minimum absolute atomic E-state index is 0.118. The summed E-state index contributed by atoms with van der Waals surface area (Å²) >= 11 is 0. The number of aliphatic carboxylic acids is 1. The molecule has 0 aromatic heterocycles. The van der Waals surface area contributed by atoms with Gasteiger partial charge in [0.25, 0.3) is 0 Å². The molecule has 1 N–H and O–H groups in total. The lowest BCUT2D eigenvalue weighted by atomic mass is 10.1. The zero-order valence-corrected chi connectivity index (χ0v) is 21.3. The molecule has 0 saturated heterocycles. The molecule has 1 atom stereocenters. The monoisotopic (exact) mass is 523 g/mol. The molecule has 0 aliphatic heterocycles. The van der Waals surface area contributed by atoms with Crippen molar-refractivity contribution < 1.29 is 42.4 Å². The van der Waals surface area contributed by atoms with E-state index < -0.39 is 29.8 Å². The largest absolute Gasteiger partial charge is 0.492 e. The van der Waals surface area contributed by atoms with Crippen molar-refractivity contribution in [3.05, 3.63) is 59.7 Å². The fourth-order valence-electron chi connectivity index (χ4n) is 3.37. The van der Waals surface area contributed by atoms with Gasteiger partial charge in [-0.2, -0.15) is 0 Å². The summed E-state index contributed by atoms with van der Waals surface area (Å²) in [5.41, 5.74) is 0.778. The molecule has 0 aliphatic carbocycles. The van der Waals surface area contributed by atoms with E-state index in [1.54, 1.807) is 31.2 Å². The van der Waals surface area contributed by atoms with E-state index in [0.29, 0.717) is 25.0 Å². The number of ether oxygens (including phenoxy) is 4. The maximum absolute atomic E-state index is 13.9. The second-order valence-corrected chi connectivity index (χ2v) is 8.23. The molecule has 2 aromatic carbocycles. The molecule has 37 heavy (non-hydrogen) atoms. The summed E-state index contributed by atoms with van der Waals surface area (Å²) in [6.07, 6.45) is 1.52. The van der Waals surface area contributed by atoms with Crippen LogP contribution in [-0.4, -0.2) is 67.7 Å². The molecule has 204 valence electrons. The van der Waals surface area contributed by atoms with E-state index in [1.807, 2.05) is 0 Å². The third kappa shape index (κ3) is 11.1. The number of carbonyl (C=O) groups is 2. The summed E-state index contributed by atoms with van der Waals surface area (Å²) in [4.78, 5) is 25.3. The number of hydrogen-bond donors (Lipinski definition) is 1. The van der Waals surface area contributed by atoms with Gasteiger partial charge in [0, 0.05) is 32.2 Å². The molecule has 1 unspecified atom stereocenters. The Balaban J connectivity index is 1.92. The van der Waals surface area contributed by atoms with Crippen molar-refractivity contribution in [2.45, 2.75) is 45.6 Å². The number of rotatable bonds is 17. The Hall–Kier alpha value is -3.24. The van der Waals surface area contributed by atoms with E-state index in [4.69, 9.17) is 18.9 Å². The molecule has 0 heterocycles. The van der Waals surface area contributed by atoms with Crippen LogP contribution in [0.3, 0.4) is 0 Å². The third-order valence-electron chi connectivity index (χ3n) is 5.36. The predicted octanol–water partition coefficient (Wildman–Crippen LogP) is 5.08. The van der Waals surface area contributed by atoms with Crippen LogP contribution in [-0.2, 0) is 20.7 Å². The fraction of sp³-hybridized carbons (Fsp3) is 0.481. The molecule has 8 nitrogen and oxygen atoms in total. The van der Waals surface area contributed by atoms with Gasteiger partial charge in [-0.15, -0.1) is 0 Å². The molecule has 0 saturated carbocycles. The van der Waals surface area contributed by atoms with E-state index in [2.05, 4.69) is 6.92 Å². The van der Waals surface area contributed by atoms with Crippen LogP contribution in [0.15, 0.2) is 42.5 Å². The third-order valence-corrected chi connectivity index (χ3v) is 5.36. The summed E-state index contributed by atoms with van der Waals surface area (Å²) in [5.74, 6) is -2.62. The van der Waals surface area contributed by atoms with Crippen LogP contribution in [0.1, 0.15) is 38.7 Å². The lowest BCUT2D eigenvalue weighted by molar-refractivity contribution is -0.149. The topological polar surface area (TPSA) is 94.5 Å². The minimum Gasteiger partial charge on any atom is -0.492 e. The Morgan fingerprint density at radius 3 is 2.35 bits per heavy atom. The van der Waals surface area contributed by atoms with Gasteiger partial charge >= 0.3 is 12.1 Å². The van der Waals surface area contributed by atoms with Crippen molar-refractivity contribution in [2.75, 3.05) is 39.5 Å². The van der Waals surface area contributed by atoms with Gasteiger partial charge in [0.05, 0.1) is 13.2 Å². The highest BCUT2D eigenvalue weighted by Crippen LogP contribution is 2.19. The number of nitrogens with zero attached hydrogens (tertiary/aromatic N) is 1. The zero-order chi connectivity index (χ0) is 27.0. The average molecular weight is 524 g/mol. The first-order valence-corrected chi connectivity index (χ1v) is 12.4. The number of carboxylic acids is 1. The maximum atomic E-state index is 13.9. The van der Waals surface area contributed by atoms with E-state index >= 15 is 0 Å². The van der Waals surface area contributed by atoms with Gasteiger partial charge in [0.15, 0.2) is 17.7 Å². The van der Waals surface area contributed by atoms with Gasteiger partial charge in [-0.25, -0.2) is 18.4 Å². The molecule has 2 aromatic rings. The first-order valence-electron chi connectivity index (χ1n) is 12.4. The summed E-state index contributed by atoms with van der Waals surface area (Å²) in [7, 11) is 0. The Kier molecular flexibility index (Phi) is 13.4.